The number of rotatable bonds is 0. The Bertz CT molecular complexity index is 352. The molecule has 0 bridgehead atoms. The van der Waals surface area contributed by atoms with Crippen LogP contribution < -0.4 is 5.32 Å². The van der Waals surface area contributed by atoms with E-state index in [0.29, 0.717) is 19.5 Å². The average molecular weight is 254 g/mol. The van der Waals surface area contributed by atoms with Gasteiger partial charge in [-0.05, 0) is 40.0 Å². The third-order valence-electron chi connectivity index (χ3n) is 3.61. The Labute approximate surface area is 108 Å². The van der Waals surface area contributed by atoms with Gasteiger partial charge >= 0.3 is 6.09 Å². The van der Waals surface area contributed by atoms with E-state index in [0.717, 1.165) is 19.3 Å². The lowest BCUT2D eigenvalue weighted by Gasteiger charge is -2.39. The molecule has 0 aromatic carbocycles. The summed E-state index contributed by atoms with van der Waals surface area (Å²) < 4.78 is 5.35. The third kappa shape index (κ3) is 2.94. The number of piperidine rings is 1. The topological polar surface area (TPSA) is 58.6 Å². The molecule has 0 aliphatic carbocycles. The van der Waals surface area contributed by atoms with Gasteiger partial charge in [0.25, 0.3) is 0 Å². The maximum Gasteiger partial charge on any atom is 0.410 e. The summed E-state index contributed by atoms with van der Waals surface area (Å²) in [5.74, 6) is 0.140. The van der Waals surface area contributed by atoms with Crippen LogP contribution in [0.2, 0.25) is 0 Å². The van der Waals surface area contributed by atoms with Gasteiger partial charge in [-0.25, -0.2) is 4.79 Å². The van der Waals surface area contributed by atoms with Crippen molar-refractivity contribution in [1.82, 2.24) is 10.2 Å². The van der Waals surface area contributed by atoms with Gasteiger partial charge in [-0.15, -0.1) is 0 Å². The third-order valence-corrected chi connectivity index (χ3v) is 3.61. The summed E-state index contributed by atoms with van der Waals surface area (Å²) in [4.78, 5) is 24.9. The van der Waals surface area contributed by atoms with Crippen LogP contribution in [-0.2, 0) is 9.53 Å². The van der Waals surface area contributed by atoms with E-state index in [1.807, 2.05) is 20.8 Å². The van der Waals surface area contributed by atoms with Crippen molar-refractivity contribution in [3.05, 3.63) is 0 Å². The van der Waals surface area contributed by atoms with Crippen LogP contribution in [0.4, 0.5) is 4.79 Å². The van der Waals surface area contributed by atoms with Crippen molar-refractivity contribution in [2.24, 2.45) is 0 Å². The highest BCUT2D eigenvalue weighted by atomic mass is 16.6. The summed E-state index contributed by atoms with van der Waals surface area (Å²) in [7, 11) is 0. The minimum absolute atomic E-state index is 0.0599. The highest BCUT2D eigenvalue weighted by Gasteiger charge is 2.41. The SMILES string of the molecule is CC(C)(C)OC(=O)N1CCC2(CCC(=O)N2)CC1. The van der Waals surface area contributed by atoms with Crippen LogP contribution in [0.15, 0.2) is 0 Å². The molecule has 2 rings (SSSR count). The number of hydrogen-bond acceptors (Lipinski definition) is 3. The van der Waals surface area contributed by atoms with Gasteiger partial charge in [0, 0.05) is 25.0 Å². The van der Waals surface area contributed by atoms with E-state index in [9.17, 15) is 9.59 Å². The van der Waals surface area contributed by atoms with Crippen LogP contribution in [0.3, 0.4) is 0 Å². The predicted molar refractivity (Wildman–Crippen MR) is 67.1 cm³/mol. The van der Waals surface area contributed by atoms with Gasteiger partial charge in [0.2, 0.25) is 5.91 Å². The first kappa shape index (κ1) is 13.2. The standard InChI is InChI=1S/C13H22N2O3/c1-12(2,3)18-11(17)15-8-6-13(7-9-15)5-4-10(16)14-13/h4-9H2,1-3H3,(H,14,16). The van der Waals surface area contributed by atoms with Gasteiger partial charge in [0.15, 0.2) is 0 Å². The zero-order valence-electron chi connectivity index (χ0n) is 11.4. The number of carbonyl (C=O) groups is 2. The Kier molecular flexibility index (Phi) is 3.25. The fourth-order valence-electron chi connectivity index (χ4n) is 2.59. The highest BCUT2D eigenvalue weighted by Crippen LogP contribution is 2.31. The summed E-state index contributed by atoms with van der Waals surface area (Å²) in [6.45, 7) is 6.93. The van der Waals surface area contributed by atoms with Crippen molar-refractivity contribution in [3.63, 3.8) is 0 Å². The Balaban J connectivity index is 1.87. The lowest BCUT2D eigenvalue weighted by molar-refractivity contribution is -0.120. The second-order valence-corrected chi connectivity index (χ2v) is 6.30. The number of nitrogens with zero attached hydrogens (tertiary/aromatic N) is 1. The molecular formula is C13H22N2O3. The number of carbonyl (C=O) groups excluding carboxylic acids is 2. The Morgan fingerprint density at radius 2 is 1.89 bits per heavy atom. The number of nitrogens with one attached hydrogen (secondary N) is 1. The van der Waals surface area contributed by atoms with Gasteiger partial charge in [-0.3, -0.25) is 4.79 Å². The number of hydrogen-bond donors (Lipinski definition) is 1. The van der Waals surface area contributed by atoms with Gasteiger partial charge in [0.05, 0.1) is 0 Å². The zero-order valence-corrected chi connectivity index (χ0v) is 11.4. The molecule has 0 unspecified atom stereocenters. The van der Waals surface area contributed by atoms with Crippen molar-refractivity contribution in [3.8, 4) is 0 Å². The summed E-state index contributed by atoms with van der Waals surface area (Å²) in [6, 6.07) is 0. The predicted octanol–water partition coefficient (Wildman–Crippen LogP) is 1.67. The fourth-order valence-corrected chi connectivity index (χ4v) is 2.59. The molecule has 0 atom stereocenters. The van der Waals surface area contributed by atoms with Crippen molar-refractivity contribution < 1.29 is 14.3 Å². The molecule has 2 aliphatic rings. The van der Waals surface area contributed by atoms with Crippen LogP contribution in [0.5, 0.6) is 0 Å². The average Bonchev–Trinajstić information content (AvgIpc) is 2.58. The van der Waals surface area contributed by atoms with E-state index in [1.54, 1.807) is 4.90 Å². The maximum atomic E-state index is 11.9. The molecule has 0 radical (unpaired) electrons. The molecule has 2 heterocycles. The first-order valence-corrected chi connectivity index (χ1v) is 6.59. The molecule has 0 aromatic rings. The second-order valence-electron chi connectivity index (χ2n) is 6.30. The van der Waals surface area contributed by atoms with Crippen LogP contribution in [0.1, 0.15) is 46.5 Å². The Morgan fingerprint density at radius 3 is 2.33 bits per heavy atom. The summed E-state index contributed by atoms with van der Waals surface area (Å²) in [5.41, 5.74) is -0.511. The molecule has 2 fully saturated rings. The lowest BCUT2D eigenvalue weighted by Crippen LogP contribution is -2.52. The highest BCUT2D eigenvalue weighted by molar-refractivity contribution is 5.79. The molecule has 0 aromatic heterocycles. The molecule has 5 nitrogen and oxygen atoms in total. The van der Waals surface area contributed by atoms with E-state index in [-0.39, 0.29) is 17.5 Å². The lowest BCUT2D eigenvalue weighted by atomic mass is 9.86. The normalized spacial score (nSPS) is 23.1. The van der Waals surface area contributed by atoms with Crippen molar-refractivity contribution in [1.29, 1.82) is 0 Å². The first-order chi connectivity index (χ1) is 8.30. The van der Waals surface area contributed by atoms with Crippen molar-refractivity contribution in [2.45, 2.75) is 57.6 Å². The largest absolute Gasteiger partial charge is 0.444 e. The molecule has 102 valence electrons. The molecular weight excluding hydrogens is 232 g/mol. The van der Waals surface area contributed by atoms with Gasteiger partial charge in [0.1, 0.15) is 5.60 Å². The number of likely N-dealkylation sites (tertiary alicyclic amines) is 1. The maximum absolute atomic E-state index is 11.9. The summed E-state index contributed by atoms with van der Waals surface area (Å²) in [5, 5.41) is 3.06. The summed E-state index contributed by atoms with van der Waals surface area (Å²) in [6.07, 6.45) is 2.93. The van der Waals surface area contributed by atoms with Gasteiger partial charge in [-0.2, -0.15) is 0 Å². The summed E-state index contributed by atoms with van der Waals surface area (Å²) >= 11 is 0. The first-order valence-electron chi connectivity index (χ1n) is 6.59. The molecule has 18 heavy (non-hydrogen) atoms. The van der Waals surface area contributed by atoms with Gasteiger partial charge < -0.3 is 15.0 Å². The smallest absolute Gasteiger partial charge is 0.410 e. The minimum Gasteiger partial charge on any atom is -0.444 e. The zero-order chi connectivity index (χ0) is 13.4. The molecule has 2 amide bonds. The second kappa shape index (κ2) is 4.44. The molecule has 5 heteroatoms. The van der Waals surface area contributed by atoms with Crippen LogP contribution in [0.25, 0.3) is 0 Å². The fraction of sp³-hybridized carbons (Fsp3) is 0.846. The molecule has 1 spiro atoms. The number of amides is 2. The quantitative estimate of drug-likeness (QED) is 0.715. The Morgan fingerprint density at radius 1 is 1.28 bits per heavy atom. The Hall–Kier alpha value is -1.26. The monoisotopic (exact) mass is 254 g/mol. The molecule has 1 N–H and O–H groups in total. The van der Waals surface area contributed by atoms with E-state index < -0.39 is 5.60 Å². The van der Waals surface area contributed by atoms with Crippen LogP contribution in [-0.4, -0.2) is 41.1 Å². The van der Waals surface area contributed by atoms with E-state index in [2.05, 4.69) is 5.32 Å². The van der Waals surface area contributed by atoms with Gasteiger partial charge in [-0.1, -0.05) is 0 Å². The molecule has 2 saturated heterocycles. The van der Waals surface area contributed by atoms with E-state index in [1.165, 1.54) is 0 Å². The van der Waals surface area contributed by atoms with Crippen molar-refractivity contribution in [2.75, 3.05) is 13.1 Å². The van der Waals surface area contributed by atoms with Crippen LogP contribution in [0, 0.1) is 0 Å². The van der Waals surface area contributed by atoms with Crippen molar-refractivity contribution >= 4 is 12.0 Å². The van der Waals surface area contributed by atoms with E-state index in [4.69, 9.17) is 4.74 Å². The number of ether oxygens (including phenoxy) is 1. The molecule has 0 saturated carbocycles. The van der Waals surface area contributed by atoms with E-state index >= 15 is 0 Å². The molecule has 2 aliphatic heterocycles. The minimum atomic E-state index is -0.451. The van der Waals surface area contributed by atoms with Crippen LogP contribution >= 0.6 is 0 Å².